The number of nitrogens with zero attached hydrogens (tertiary/aromatic N) is 1. The molecule has 0 aliphatic heterocycles. The van der Waals surface area contributed by atoms with Crippen molar-refractivity contribution in [3.63, 3.8) is 0 Å². The van der Waals surface area contributed by atoms with Crippen molar-refractivity contribution in [1.82, 2.24) is 4.90 Å². The number of amides is 1. The molecule has 1 amide bonds. The van der Waals surface area contributed by atoms with Gasteiger partial charge in [-0.25, -0.2) is 0 Å². The first-order chi connectivity index (χ1) is 8.95. The van der Waals surface area contributed by atoms with Gasteiger partial charge in [-0.15, -0.1) is 0 Å². The van der Waals surface area contributed by atoms with Crippen LogP contribution >= 0.6 is 27.5 Å². The zero-order valence-corrected chi connectivity index (χ0v) is 13.1. The lowest BCUT2D eigenvalue weighted by molar-refractivity contribution is -0.140. The lowest BCUT2D eigenvalue weighted by Gasteiger charge is -2.17. The quantitative estimate of drug-likeness (QED) is 0.768. The Morgan fingerprint density at radius 3 is 2.74 bits per heavy atom. The van der Waals surface area contributed by atoms with Crippen LogP contribution in [0.25, 0.3) is 0 Å². The van der Waals surface area contributed by atoms with Crippen molar-refractivity contribution in [1.29, 1.82) is 0 Å². The molecule has 19 heavy (non-hydrogen) atoms. The number of methoxy groups -OCH3 is 1. The number of benzene rings is 1. The van der Waals surface area contributed by atoms with E-state index in [1.54, 1.807) is 25.2 Å². The van der Waals surface area contributed by atoms with Gasteiger partial charge in [0.15, 0.2) is 0 Å². The zero-order valence-electron chi connectivity index (χ0n) is 10.8. The van der Waals surface area contributed by atoms with E-state index in [1.165, 1.54) is 12.0 Å². The standard InChI is InChI=1S/C13H15BrClNO3/c1-16(7-3-4-12(17)19-2)13(18)10-8-9(14)5-6-11(10)15/h5-6,8H,3-4,7H2,1-2H3. The number of carbonyl (C=O) groups excluding carboxylic acids is 2. The third-order valence-corrected chi connectivity index (χ3v) is 3.43. The first-order valence-electron chi connectivity index (χ1n) is 5.73. The lowest BCUT2D eigenvalue weighted by Crippen LogP contribution is -2.28. The summed E-state index contributed by atoms with van der Waals surface area (Å²) in [7, 11) is 3.02. The molecule has 0 bridgehead atoms. The number of halogens is 2. The Hall–Kier alpha value is -1.07. The van der Waals surface area contributed by atoms with Crippen molar-refractivity contribution in [2.24, 2.45) is 0 Å². The summed E-state index contributed by atoms with van der Waals surface area (Å²) >= 11 is 9.30. The van der Waals surface area contributed by atoms with E-state index in [4.69, 9.17) is 11.6 Å². The summed E-state index contributed by atoms with van der Waals surface area (Å²) in [6.07, 6.45) is 0.848. The van der Waals surface area contributed by atoms with E-state index >= 15 is 0 Å². The summed E-state index contributed by atoms with van der Waals surface area (Å²) in [5.74, 6) is -0.447. The average Bonchev–Trinajstić information content (AvgIpc) is 2.40. The smallest absolute Gasteiger partial charge is 0.305 e. The topological polar surface area (TPSA) is 46.6 Å². The average molecular weight is 349 g/mol. The van der Waals surface area contributed by atoms with Crippen LogP contribution in [0.5, 0.6) is 0 Å². The second-order valence-electron chi connectivity index (χ2n) is 4.03. The molecule has 0 saturated carbocycles. The molecule has 0 unspecified atom stereocenters. The highest BCUT2D eigenvalue weighted by Crippen LogP contribution is 2.22. The number of hydrogen-bond acceptors (Lipinski definition) is 3. The van der Waals surface area contributed by atoms with E-state index in [1.807, 2.05) is 0 Å². The molecule has 0 atom stereocenters. The SMILES string of the molecule is COC(=O)CCCN(C)C(=O)c1cc(Br)ccc1Cl. The highest BCUT2D eigenvalue weighted by Gasteiger charge is 2.15. The number of hydrogen-bond donors (Lipinski definition) is 0. The molecule has 0 aliphatic rings. The first kappa shape index (κ1) is 16.0. The van der Waals surface area contributed by atoms with Gasteiger partial charge in [0.05, 0.1) is 17.7 Å². The van der Waals surface area contributed by atoms with Gasteiger partial charge in [-0.1, -0.05) is 27.5 Å². The van der Waals surface area contributed by atoms with Crippen molar-refractivity contribution >= 4 is 39.4 Å². The fourth-order valence-electron chi connectivity index (χ4n) is 1.53. The molecule has 4 nitrogen and oxygen atoms in total. The number of esters is 1. The minimum absolute atomic E-state index is 0.170. The van der Waals surface area contributed by atoms with Gasteiger partial charge in [-0.3, -0.25) is 9.59 Å². The van der Waals surface area contributed by atoms with Gasteiger partial charge in [0.25, 0.3) is 5.91 Å². The summed E-state index contributed by atoms with van der Waals surface area (Å²) in [5, 5.41) is 0.410. The molecular weight excluding hydrogens is 334 g/mol. The van der Waals surface area contributed by atoms with Crippen LogP contribution in [0.2, 0.25) is 5.02 Å². The van der Waals surface area contributed by atoms with Crippen molar-refractivity contribution in [3.05, 3.63) is 33.3 Å². The summed E-state index contributed by atoms with van der Waals surface area (Å²) in [4.78, 5) is 24.7. The Labute approximate surface area is 125 Å². The highest BCUT2D eigenvalue weighted by atomic mass is 79.9. The van der Waals surface area contributed by atoms with E-state index in [9.17, 15) is 9.59 Å². The first-order valence-corrected chi connectivity index (χ1v) is 6.90. The summed E-state index contributed by atoms with van der Waals surface area (Å²) in [5.41, 5.74) is 0.441. The predicted octanol–water partition coefficient (Wildman–Crippen LogP) is 3.13. The zero-order chi connectivity index (χ0) is 14.4. The van der Waals surface area contributed by atoms with Gasteiger partial charge in [-0.2, -0.15) is 0 Å². The van der Waals surface area contributed by atoms with Crippen LogP contribution in [0.1, 0.15) is 23.2 Å². The van der Waals surface area contributed by atoms with Crippen LogP contribution in [-0.2, 0) is 9.53 Å². The maximum atomic E-state index is 12.2. The van der Waals surface area contributed by atoms with Crippen LogP contribution in [-0.4, -0.2) is 37.5 Å². The lowest BCUT2D eigenvalue weighted by atomic mass is 10.2. The number of carbonyl (C=O) groups is 2. The molecule has 104 valence electrons. The molecule has 1 rings (SSSR count). The third kappa shape index (κ3) is 4.84. The molecule has 6 heteroatoms. The fraction of sp³-hybridized carbons (Fsp3) is 0.385. The van der Waals surface area contributed by atoms with Gasteiger partial charge in [0.2, 0.25) is 0 Å². The van der Waals surface area contributed by atoms with Crippen LogP contribution in [0.3, 0.4) is 0 Å². The molecule has 0 aliphatic carbocycles. The number of rotatable bonds is 5. The Balaban J connectivity index is 2.61. The van der Waals surface area contributed by atoms with Gasteiger partial charge >= 0.3 is 5.97 Å². The third-order valence-electron chi connectivity index (χ3n) is 2.61. The number of ether oxygens (including phenoxy) is 1. The van der Waals surface area contributed by atoms with Gasteiger partial charge < -0.3 is 9.64 Å². The fourth-order valence-corrected chi connectivity index (χ4v) is 2.09. The van der Waals surface area contributed by atoms with Crippen LogP contribution < -0.4 is 0 Å². The Bertz CT molecular complexity index is 479. The maximum absolute atomic E-state index is 12.2. The second-order valence-corrected chi connectivity index (χ2v) is 5.35. The van der Waals surface area contributed by atoms with Crippen molar-refractivity contribution < 1.29 is 14.3 Å². The normalized spacial score (nSPS) is 10.1. The molecule has 0 heterocycles. The molecule has 0 spiro atoms. The van der Waals surface area contributed by atoms with Crippen molar-refractivity contribution in [3.8, 4) is 0 Å². The molecule has 0 saturated heterocycles. The molecule has 0 fully saturated rings. The van der Waals surface area contributed by atoms with Crippen LogP contribution in [0, 0.1) is 0 Å². The second kappa shape index (κ2) is 7.50. The Morgan fingerprint density at radius 2 is 2.11 bits per heavy atom. The largest absolute Gasteiger partial charge is 0.469 e. The van der Waals surface area contributed by atoms with Gasteiger partial charge in [0, 0.05) is 24.5 Å². The van der Waals surface area contributed by atoms with E-state index < -0.39 is 0 Å². The van der Waals surface area contributed by atoms with E-state index in [-0.39, 0.29) is 11.9 Å². The minimum Gasteiger partial charge on any atom is -0.469 e. The summed E-state index contributed by atoms with van der Waals surface area (Å²) in [6.45, 7) is 0.469. The highest BCUT2D eigenvalue weighted by molar-refractivity contribution is 9.10. The maximum Gasteiger partial charge on any atom is 0.305 e. The Kier molecular flexibility index (Phi) is 6.31. The monoisotopic (exact) mass is 347 g/mol. The molecule has 1 aromatic rings. The van der Waals surface area contributed by atoms with Crippen LogP contribution in [0.15, 0.2) is 22.7 Å². The van der Waals surface area contributed by atoms with Crippen molar-refractivity contribution in [2.75, 3.05) is 20.7 Å². The predicted molar refractivity (Wildman–Crippen MR) is 77.4 cm³/mol. The van der Waals surface area contributed by atoms with Crippen LogP contribution in [0.4, 0.5) is 0 Å². The molecular formula is C13H15BrClNO3. The molecule has 1 aromatic carbocycles. The van der Waals surface area contributed by atoms with Crippen molar-refractivity contribution in [2.45, 2.75) is 12.8 Å². The molecule has 0 radical (unpaired) electrons. The molecule has 0 aromatic heterocycles. The van der Waals surface area contributed by atoms with E-state index in [0.717, 1.165) is 4.47 Å². The Morgan fingerprint density at radius 1 is 1.42 bits per heavy atom. The van der Waals surface area contributed by atoms with Gasteiger partial charge in [0.1, 0.15) is 0 Å². The minimum atomic E-state index is -0.277. The van der Waals surface area contributed by atoms with E-state index in [2.05, 4.69) is 20.7 Å². The summed E-state index contributed by atoms with van der Waals surface area (Å²) in [6, 6.07) is 5.12. The van der Waals surface area contributed by atoms with Gasteiger partial charge in [-0.05, 0) is 24.6 Å². The molecule has 0 N–H and O–H groups in total. The van der Waals surface area contributed by atoms with E-state index in [0.29, 0.717) is 30.0 Å². The summed E-state index contributed by atoms with van der Waals surface area (Å²) < 4.78 is 5.34.